The molecule has 2 aliphatic rings. The minimum atomic E-state index is -0.156. The second-order valence-electron chi connectivity index (χ2n) is 16.4. The molecule has 0 radical (unpaired) electrons. The molecule has 1 heterocycles. The average molecular weight is 770 g/mol. The lowest BCUT2D eigenvalue weighted by Gasteiger charge is -2.37. The van der Waals surface area contributed by atoms with Crippen molar-refractivity contribution in [2.24, 2.45) is 0 Å². The molecular formula is C57H43N3. The maximum absolute atomic E-state index is 2.55. The Kier molecular flexibility index (Phi) is 8.02. The first kappa shape index (κ1) is 34.7. The van der Waals surface area contributed by atoms with Crippen molar-refractivity contribution in [1.82, 2.24) is 4.57 Å². The number of rotatable bonds is 7. The maximum Gasteiger partial charge on any atom is 0.0547 e. The van der Waals surface area contributed by atoms with Crippen molar-refractivity contribution in [3.8, 4) is 5.69 Å². The van der Waals surface area contributed by atoms with E-state index in [9.17, 15) is 0 Å². The molecule has 1 aromatic heterocycles. The van der Waals surface area contributed by atoms with Gasteiger partial charge in [-0.05, 0) is 144 Å². The standard InChI is InChI=1S/C57H43N3/c1-5-20-43(21-6-1)58(44-22-7-2-8-23-44)52-29-15-18-41-35-37-57(55(41)52)38-36-42-19-16-30-53(56(42)57)59(45-24-9-3-10-25-45)47-32-34-50-49(39-47)54-48-28-14-13-17-40(48)31-33-51(54)60(50)46-26-11-4-12-27-46/h1-34,39H,35-38H2/t57-/m1/s1. The van der Waals surface area contributed by atoms with Gasteiger partial charge in [0, 0.05) is 44.6 Å². The van der Waals surface area contributed by atoms with Crippen LogP contribution in [0.15, 0.2) is 212 Å². The van der Waals surface area contributed by atoms with Crippen molar-refractivity contribution < 1.29 is 0 Å². The van der Waals surface area contributed by atoms with Crippen LogP contribution in [-0.4, -0.2) is 4.57 Å². The third kappa shape index (κ3) is 5.29. The van der Waals surface area contributed by atoms with Crippen molar-refractivity contribution in [1.29, 1.82) is 0 Å². The van der Waals surface area contributed by atoms with Gasteiger partial charge >= 0.3 is 0 Å². The minimum Gasteiger partial charge on any atom is -0.310 e. The number of hydrogen-bond donors (Lipinski definition) is 0. The van der Waals surface area contributed by atoms with Crippen molar-refractivity contribution in [3.05, 3.63) is 235 Å². The molecule has 3 nitrogen and oxygen atoms in total. The molecule has 0 amide bonds. The van der Waals surface area contributed by atoms with Crippen LogP contribution in [0.4, 0.5) is 34.1 Å². The second kappa shape index (κ2) is 13.9. The molecule has 0 bridgehead atoms. The first-order valence-corrected chi connectivity index (χ1v) is 21.3. The van der Waals surface area contributed by atoms with E-state index in [1.807, 2.05) is 0 Å². The van der Waals surface area contributed by atoms with Crippen LogP contribution in [0.3, 0.4) is 0 Å². The van der Waals surface area contributed by atoms with Crippen LogP contribution in [-0.2, 0) is 18.3 Å². The minimum absolute atomic E-state index is 0.156. The van der Waals surface area contributed by atoms with Gasteiger partial charge in [0.25, 0.3) is 0 Å². The Hall–Kier alpha value is -7.36. The van der Waals surface area contributed by atoms with Crippen LogP contribution in [0.1, 0.15) is 35.1 Å². The molecule has 0 N–H and O–H groups in total. The van der Waals surface area contributed by atoms with Gasteiger partial charge in [-0.25, -0.2) is 0 Å². The summed E-state index contributed by atoms with van der Waals surface area (Å²) in [5.74, 6) is 0. The number of fused-ring (bicyclic) bond motifs is 9. The fourth-order valence-corrected chi connectivity index (χ4v) is 10.9. The highest BCUT2D eigenvalue weighted by molar-refractivity contribution is 6.22. The lowest BCUT2D eigenvalue weighted by Crippen LogP contribution is -2.27. The first-order valence-electron chi connectivity index (χ1n) is 21.3. The third-order valence-corrected chi connectivity index (χ3v) is 13.3. The van der Waals surface area contributed by atoms with E-state index < -0.39 is 0 Å². The third-order valence-electron chi connectivity index (χ3n) is 13.3. The first-order chi connectivity index (χ1) is 29.8. The number of para-hydroxylation sites is 4. The van der Waals surface area contributed by atoms with E-state index in [1.165, 1.54) is 83.3 Å². The van der Waals surface area contributed by atoms with E-state index in [0.29, 0.717) is 0 Å². The van der Waals surface area contributed by atoms with Gasteiger partial charge in [-0.2, -0.15) is 0 Å². The zero-order chi connectivity index (χ0) is 39.6. The van der Waals surface area contributed by atoms with E-state index >= 15 is 0 Å². The Morgan fingerprint density at radius 3 is 1.47 bits per heavy atom. The average Bonchev–Trinajstić information content (AvgIpc) is 4.00. The fraction of sp³-hybridized carbons (Fsp3) is 0.0877. The van der Waals surface area contributed by atoms with Gasteiger partial charge in [-0.1, -0.05) is 127 Å². The van der Waals surface area contributed by atoms with E-state index in [4.69, 9.17) is 0 Å². The number of aromatic nitrogens is 1. The quantitative estimate of drug-likeness (QED) is 0.160. The summed E-state index contributed by atoms with van der Waals surface area (Å²) in [5.41, 5.74) is 16.5. The molecule has 9 aromatic carbocycles. The van der Waals surface area contributed by atoms with Crippen molar-refractivity contribution >= 4 is 66.7 Å². The summed E-state index contributed by atoms with van der Waals surface area (Å²) in [4.78, 5) is 5.04. The molecule has 0 fully saturated rings. The summed E-state index contributed by atoms with van der Waals surface area (Å²) >= 11 is 0. The zero-order valence-electron chi connectivity index (χ0n) is 33.4. The Morgan fingerprint density at radius 2 is 0.883 bits per heavy atom. The molecule has 0 unspecified atom stereocenters. The molecule has 1 spiro atoms. The number of aryl methyl sites for hydroxylation is 2. The lowest BCUT2D eigenvalue weighted by molar-refractivity contribution is 0.508. The molecule has 10 aromatic rings. The van der Waals surface area contributed by atoms with Crippen LogP contribution in [0.2, 0.25) is 0 Å². The highest BCUT2D eigenvalue weighted by Gasteiger charge is 2.49. The zero-order valence-corrected chi connectivity index (χ0v) is 33.4. The topological polar surface area (TPSA) is 11.4 Å². The summed E-state index contributed by atoms with van der Waals surface area (Å²) in [7, 11) is 0. The highest BCUT2D eigenvalue weighted by Crippen LogP contribution is 2.60. The fourth-order valence-electron chi connectivity index (χ4n) is 10.9. The van der Waals surface area contributed by atoms with Crippen molar-refractivity contribution in [3.63, 3.8) is 0 Å². The van der Waals surface area contributed by atoms with Gasteiger partial charge in [-0.3, -0.25) is 0 Å². The Morgan fingerprint density at radius 1 is 0.383 bits per heavy atom. The van der Waals surface area contributed by atoms with Gasteiger partial charge in [0.1, 0.15) is 0 Å². The predicted octanol–water partition coefficient (Wildman–Crippen LogP) is 15.1. The molecule has 2 aliphatic carbocycles. The molecule has 60 heavy (non-hydrogen) atoms. The van der Waals surface area contributed by atoms with Crippen molar-refractivity contribution in [2.45, 2.75) is 31.1 Å². The summed E-state index contributed by atoms with van der Waals surface area (Å²) in [5, 5.41) is 5.06. The number of nitrogens with zero attached hydrogens (tertiary/aromatic N) is 3. The van der Waals surface area contributed by atoms with Crippen molar-refractivity contribution in [2.75, 3.05) is 9.80 Å². The summed E-state index contributed by atoms with van der Waals surface area (Å²) in [6.45, 7) is 0. The number of hydrogen-bond acceptors (Lipinski definition) is 2. The Bertz CT molecular complexity index is 3160. The Labute approximate surface area is 351 Å². The Balaban J connectivity index is 1.10. The molecule has 12 rings (SSSR count). The van der Waals surface area contributed by atoms with Gasteiger partial charge in [0.05, 0.1) is 22.4 Å². The molecular weight excluding hydrogens is 727 g/mol. The van der Waals surface area contributed by atoms with E-state index in [1.54, 1.807) is 0 Å². The summed E-state index contributed by atoms with van der Waals surface area (Å²) in [6, 6.07) is 78.3. The highest BCUT2D eigenvalue weighted by atomic mass is 15.2. The molecule has 0 aliphatic heterocycles. The van der Waals surface area contributed by atoms with Crippen LogP contribution < -0.4 is 9.80 Å². The largest absolute Gasteiger partial charge is 0.310 e. The van der Waals surface area contributed by atoms with E-state index in [2.05, 4.69) is 227 Å². The SMILES string of the molecule is c1ccc(N(c2ccccc2)c2cccc3c2[C@@]2(CC3)CCc3cccc(N(c4ccccc4)c4ccc5c(c4)c4c6ccccc6ccc4n5-c4ccccc4)c32)cc1. The van der Waals surface area contributed by atoms with E-state index in [0.717, 1.165) is 37.1 Å². The maximum atomic E-state index is 2.55. The second-order valence-corrected chi connectivity index (χ2v) is 16.4. The molecule has 0 saturated carbocycles. The smallest absolute Gasteiger partial charge is 0.0547 e. The monoisotopic (exact) mass is 769 g/mol. The van der Waals surface area contributed by atoms with Gasteiger partial charge in [-0.15, -0.1) is 0 Å². The van der Waals surface area contributed by atoms with E-state index in [-0.39, 0.29) is 5.41 Å². The number of benzene rings is 9. The van der Waals surface area contributed by atoms with Crippen LogP contribution >= 0.6 is 0 Å². The molecule has 3 heteroatoms. The molecule has 1 atom stereocenters. The summed E-state index contributed by atoms with van der Waals surface area (Å²) < 4.78 is 2.44. The van der Waals surface area contributed by atoms with Crippen LogP contribution in [0, 0.1) is 0 Å². The van der Waals surface area contributed by atoms with Crippen LogP contribution in [0.5, 0.6) is 0 Å². The van der Waals surface area contributed by atoms with Crippen LogP contribution in [0.25, 0.3) is 38.3 Å². The lowest BCUT2D eigenvalue weighted by atomic mass is 9.74. The number of anilines is 6. The summed E-state index contributed by atoms with van der Waals surface area (Å²) in [6.07, 6.45) is 4.27. The van der Waals surface area contributed by atoms with Gasteiger partial charge in [0.2, 0.25) is 0 Å². The predicted molar refractivity (Wildman–Crippen MR) is 252 cm³/mol. The van der Waals surface area contributed by atoms with Gasteiger partial charge < -0.3 is 14.4 Å². The van der Waals surface area contributed by atoms with Gasteiger partial charge in [0.15, 0.2) is 0 Å². The molecule has 0 saturated heterocycles. The normalized spacial score (nSPS) is 15.5. The molecule has 286 valence electrons.